The number of halogens is 1. The van der Waals surface area contributed by atoms with Crippen LogP contribution in [0.1, 0.15) is 25.3 Å². The first-order chi connectivity index (χ1) is 9.69. The fourth-order valence-electron chi connectivity index (χ4n) is 2.75. The van der Waals surface area contributed by atoms with E-state index in [1.807, 2.05) is 6.07 Å². The highest BCUT2D eigenvalue weighted by molar-refractivity contribution is 5.29. The lowest BCUT2D eigenvalue weighted by Gasteiger charge is -2.20. The van der Waals surface area contributed by atoms with E-state index in [-0.39, 0.29) is 5.82 Å². The number of benzene rings is 1. The van der Waals surface area contributed by atoms with E-state index < -0.39 is 0 Å². The fourth-order valence-corrected chi connectivity index (χ4v) is 2.75. The standard InChI is InChI=1S/C16H25FN2O/c1-13(12-19-7-3-4-8-19)10-18-11-14-5-6-16(20-2)15(17)9-14/h5-6,9,13,18H,3-4,7-8,10-12H2,1-2H3. The molecule has 1 saturated heterocycles. The van der Waals surface area contributed by atoms with Crippen molar-refractivity contribution in [2.75, 3.05) is 33.3 Å². The van der Waals surface area contributed by atoms with Gasteiger partial charge in [-0.1, -0.05) is 13.0 Å². The molecule has 1 aliphatic rings. The van der Waals surface area contributed by atoms with Crippen molar-refractivity contribution in [3.05, 3.63) is 29.6 Å². The molecule has 0 aliphatic carbocycles. The topological polar surface area (TPSA) is 24.5 Å². The number of ether oxygens (including phenoxy) is 1. The largest absolute Gasteiger partial charge is 0.494 e. The predicted molar refractivity (Wildman–Crippen MR) is 79.5 cm³/mol. The second kappa shape index (κ2) is 7.60. The second-order valence-electron chi connectivity index (χ2n) is 5.71. The van der Waals surface area contributed by atoms with Crippen LogP contribution < -0.4 is 10.1 Å². The maximum absolute atomic E-state index is 13.5. The molecule has 112 valence electrons. The van der Waals surface area contributed by atoms with E-state index >= 15 is 0 Å². The number of hydrogen-bond donors (Lipinski definition) is 1. The molecule has 1 heterocycles. The Labute approximate surface area is 121 Å². The molecule has 0 saturated carbocycles. The van der Waals surface area contributed by atoms with Crippen LogP contribution in [0.5, 0.6) is 5.75 Å². The van der Waals surface area contributed by atoms with Crippen molar-refractivity contribution in [3.63, 3.8) is 0 Å². The van der Waals surface area contributed by atoms with Crippen LogP contribution in [-0.2, 0) is 6.54 Å². The van der Waals surface area contributed by atoms with Gasteiger partial charge in [0.25, 0.3) is 0 Å². The van der Waals surface area contributed by atoms with E-state index in [2.05, 4.69) is 17.1 Å². The van der Waals surface area contributed by atoms with E-state index in [0.29, 0.717) is 18.2 Å². The lowest BCUT2D eigenvalue weighted by atomic mass is 10.1. The Morgan fingerprint density at radius 1 is 1.35 bits per heavy atom. The number of nitrogens with zero attached hydrogens (tertiary/aromatic N) is 1. The van der Waals surface area contributed by atoms with E-state index in [4.69, 9.17) is 4.74 Å². The Hall–Kier alpha value is -1.13. The first kappa shape index (κ1) is 15.3. The SMILES string of the molecule is COc1ccc(CNCC(C)CN2CCCC2)cc1F. The molecule has 2 rings (SSSR count). The van der Waals surface area contributed by atoms with Crippen LogP contribution in [0.2, 0.25) is 0 Å². The molecule has 1 fully saturated rings. The van der Waals surface area contributed by atoms with Gasteiger partial charge < -0.3 is 15.0 Å². The zero-order valence-electron chi connectivity index (χ0n) is 12.5. The minimum absolute atomic E-state index is 0.295. The van der Waals surface area contributed by atoms with Crippen molar-refractivity contribution >= 4 is 0 Å². The Morgan fingerprint density at radius 2 is 2.10 bits per heavy atom. The van der Waals surface area contributed by atoms with Crippen molar-refractivity contribution in [1.82, 2.24) is 10.2 Å². The minimum Gasteiger partial charge on any atom is -0.494 e. The van der Waals surface area contributed by atoms with Crippen LogP contribution in [0.15, 0.2) is 18.2 Å². The predicted octanol–water partition coefficient (Wildman–Crippen LogP) is 2.66. The average Bonchev–Trinajstić information content (AvgIpc) is 2.92. The van der Waals surface area contributed by atoms with E-state index in [9.17, 15) is 4.39 Å². The first-order valence-corrected chi connectivity index (χ1v) is 7.44. The van der Waals surface area contributed by atoms with Gasteiger partial charge in [-0.15, -0.1) is 0 Å². The number of methoxy groups -OCH3 is 1. The zero-order chi connectivity index (χ0) is 14.4. The highest BCUT2D eigenvalue weighted by Crippen LogP contribution is 2.17. The summed E-state index contributed by atoms with van der Waals surface area (Å²) in [6.45, 7) is 7.57. The molecule has 1 aromatic carbocycles. The summed E-state index contributed by atoms with van der Waals surface area (Å²) in [4.78, 5) is 2.53. The van der Waals surface area contributed by atoms with Gasteiger partial charge >= 0.3 is 0 Å². The van der Waals surface area contributed by atoms with Crippen LogP contribution in [0.3, 0.4) is 0 Å². The molecule has 20 heavy (non-hydrogen) atoms. The molecular formula is C16H25FN2O. The highest BCUT2D eigenvalue weighted by Gasteiger charge is 2.14. The molecule has 1 aliphatic heterocycles. The van der Waals surface area contributed by atoms with E-state index in [0.717, 1.165) is 18.7 Å². The smallest absolute Gasteiger partial charge is 0.165 e. The molecule has 0 spiro atoms. The third-order valence-corrected chi connectivity index (χ3v) is 3.81. The lowest BCUT2D eigenvalue weighted by Crippen LogP contribution is -2.31. The van der Waals surface area contributed by atoms with Gasteiger partial charge in [0.05, 0.1) is 7.11 Å². The quantitative estimate of drug-likeness (QED) is 0.831. The Morgan fingerprint density at radius 3 is 2.75 bits per heavy atom. The van der Waals surface area contributed by atoms with Gasteiger partial charge in [0, 0.05) is 13.1 Å². The molecule has 3 nitrogen and oxygen atoms in total. The van der Waals surface area contributed by atoms with Crippen LogP contribution in [0.4, 0.5) is 4.39 Å². The normalized spacial score (nSPS) is 17.4. The average molecular weight is 280 g/mol. The molecular weight excluding hydrogens is 255 g/mol. The molecule has 0 bridgehead atoms. The summed E-state index contributed by atoms with van der Waals surface area (Å²) in [6, 6.07) is 5.12. The Balaban J connectivity index is 1.70. The van der Waals surface area contributed by atoms with Crippen molar-refractivity contribution in [2.45, 2.75) is 26.3 Å². The summed E-state index contributed by atoms with van der Waals surface area (Å²) in [5.41, 5.74) is 0.955. The van der Waals surface area contributed by atoms with Gasteiger partial charge in [-0.2, -0.15) is 0 Å². The molecule has 1 aromatic rings. The second-order valence-corrected chi connectivity index (χ2v) is 5.71. The molecule has 0 radical (unpaired) electrons. The van der Waals surface area contributed by atoms with Crippen molar-refractivity contribution in [2.24, 2.45) is 5.92 Å². The van der Waals surface area contributed by atoms with Gasteiger partial charge in [0.15, 0.2) is 11.6 Å². The zero-order valence-corrected chi connectivity index (χ0v) is 12.5. The maximum Gasteiger partial charge on any atom is 0.165 e. The number of hydrogen-bond acceptors (Lipinski definition) is 3. The minimum atomic E-state index is -0.295. The van der Waals surface area contributed by atoms with Crippen LogP contribution >= 0.6 is 0 Å². The van der Waals surface area contributed by atoms with Crippen LogP contribution in [0, 0.1) is 11.7 Å². The summed E-state index contributed by atoms with van der Waals surface area (Å²) in [5.74, 6) is 0.629. The molecule has 1 N–H and O–H groups in total. The number of nitrogens with one attached hydrogen (secondary N) is 1. The highest BCUT2D eigenvalue weighted by atomic mass is 19.1. The monoisotopic (exact) mass is 280 g/mol. The van der Waals surface area contributed by atoms with E-state index in [1.165, 1.54) is 39.1 Å². The molecule has 0 amide bonds. The van der Waals surface area contributed by atoms with Crippen molar-refractivity contribution in [1.29, 1.82) is 0 Å². The summed E-state index contributed by atoms with van der Waals surface area (Å²) in [6.07, 6.45) is 2.68. The molecule has 1 unspecified atom stereocenters. The van der Waals surface area contributed by atoms with Gasteiger partial charge in [-0.25, -0.2) is 4.39 Å². The third kappa shape index (κ3) is 4.46. The third-order valence-electron chi connectivity index (χ3n) is 3.81. The molecule has 0 aromatic heterocycles. The van der Waals surface area contributed by atoms with Crippen molar-refractivity contribution < 1.29 is 9.13 Å². The summed E-state index contributed by atoms with van der Waals surface area (Å²) in [7, 11) is 1.48. The Kier molecular flexibility index (Phi) is 5.80. The molecule has 4 heteroatoms. The summed E-state index contributed by atoms with van der Waals surface area (Å²) in [5, 5.41) is 3.41. The maximum atomic E-state index is 13.5. The van der Waals surface area contributed by atoms with E-state index in [1.54, 1.807) is 6.07 Å². The first-order valence-electron chi connectivity index (χ1n) is 7.44. The lowest BCUT2D eigenvalue weighted by molar-refractivity contribution is 0.282. The van der Waals surface area contributed by atoms with Crippen LogP contribution in [0.25, 0.3) is 0 Å². The summed E-state index contributed by atoms with van der Waals surface area (Å²) < 4.78 is 18.5. The fraction of sp³-hybridized carbons (Fsp3) is 0.625. The number of likely N-dealkylation sites (tertiary alicyclic amines) is 1. The van der Waals surface area contributed by atoms with Gasteiger partial charge in [-0.05, 0) is 56.1 Å². The number of rotatable bonds is 7. The Bertz CT molecular complexity index is 419. The van der Waals surface area contributed by atoms with Crippen LogP contribution in [-0.4, -0.2) is 38.2 Å². The summed E-state index contributed by atoms with van der Waals surface area (Å²) >= 11 is 0. The van der Waals surface area contributed by atoms with Gasteiger partial charge in [-0.3, -0.25) is 0 Å². The van der Waals surface area contributed by atoms with Gasteiger partial charge in [0.1, 0.15) is 0 Å². The van der Waals surface area contributed by atoms with Gasteiger partial charge in [0.2, 0.25) is 0 Å². The molecule has 1 atom stereocenters. The van der Waals surface area contributed by atoms with Crippen molar-refractivity contribution in [3.8, 4) is 5.75 Å².